The summed E-state index contributed by atoms with van der Waals surface area (Å²) >= 11 is 0. The maximum absolute atomic E-state index is 8.79. The summed E-state index contributed by atoms with van der Waals surface area (Å²) in [5.74, 6) is 0.749. The van der Waals surface area contributed by atoms with E-state index in [0.717, 1.165) is 0 Å². The number of aliphatic hydroxyl groups excluding tert-OH is 2. The van der Waals surface area contributed by atoms with E-state index in [1.54, 1.807) is 21.6 Å². The zero-order valence-corrected chi connectivity index (χ0v) is 13.3. The molecule has 0 heterocycles. The molecule has 0 fully saturated rings. The summed E-state index contributed by atoms with van der Waals surface area (Å²) in [6.07, 6.45) is 0. The molecule has 0 aromatic rings. The van der Waals surface area contributed by atoms with Gasteiger partial charge in [-0.2, -0.15) is 0 Å². The highest BCUT2D eigenvalue weighted by molar-refractivity contribution is 8.77. The Bertz CT molecular complexity index is 171. The van der Waals surface area contributed by atoms with Crippen LogP contribution in [0.1, 0.15) is 27.7 Å². The quantitative estimate of drug-likeness (QED) is 0.451. The molecule has 0 rings (SSSR count). The van der Waals surface area contributed by atoms with Gasteiger partial charge in [0.2, 0.25) is 0 Å². The van der Waals surface area contributed by atoms with Crippen LogP contribution in [0.5, 0.6) is 0 Å². The third kappa shape index (κ3) is 8.61. The monoisotopic (exact) mass is 298 g/mol. The molecule has 0 aliphatic carbocycles. The van der Waals surface area contributed by atoms with E-state index in [1.807, 2.05) is 0 Å². The molecule has 0 spiro atoms. The minimum Gasteiger partial charge on any atom is -0.394 e. The second kappa shape index (κ2) is 11.4. The van der Waals surface area contributed by atoms with Crippen LogP contribution in [0.3, 0.4) is 0 Å². The Kier molecular flexibility index (Phi) is 11.7. The minimum absolute atomic E-state index is 0.0427. The summed E-state index contributed by atoms with van der Waals surface area (Å²) in [6, 6.07) is 0. The van der Waals surface area contributed by atoms with E-state index < -0.39 is 0 Å². The molecule has 0 aliphatic heterocycles. The van der Waals surface area contributed by atoms with Crippen LogP contribution >= 0.6 is 21.6 Å². The Hall–Kier alpha value is 0.540. The highest BCUT2D eigenvalue weighted by atomic mass is 33.1. The average Bonchev–Trinajstić information content (AvgIpc) is 2.31. The summed E-state index contributed by atoms with van der Waals surface area (Å²) in [5, 5.41) is 17.6. The number of aliphatic hydroxyl groups is 2. The van der Waals surface area contributed by atoms with Crippen LogP contribution in [0.15, 0.2) is 0 Å². The van der Waals surface area contributed by atoms with E-state index in [2.05, 4.69) is 27.7 Å². The van der Waals surface area contributed by atoms with Gasteiger partial charge in [-0.05, 0) is 11.8 Å². The van der Waals surface area contributed by atoms with Crippen molar-refractivity contribution in [3.05, 3.63) is 0 Å². The number of ether oxygens (including phenoxy) is 2. The van der Waals surface area contributed by atoms with Gasteiger partial charge in [-0.15, -0.1) is 0 Å². The van der Waals surface area contributed by atoms with E-state index in [9.17, 15) is 0 Å². The largest absolute Gasteiger partial charge is 0.394 e. The Balaban J connectivity index is 4.10. The van der Waals surface area contributed by atoms with Crippen molar-refractivity contribution in [2.45, 2.75) is 38.6 Å². The maximum atomic E-state index is 8.79. The molecule has 0 aromatic heterocycles. The van der Waals surface area contributed by atoms with Gasteiger partial charge >= 0.3 is 0 Å². The predicted octanol–water partition coefficient (Wildman–Crippen LogP) is 2.35. The molecule has 4 nitrogen and oxygen atoms in total. The molecule has 6 heteroatoms. The van der Waals surface area contributed by atoms with E-state index in [4.69, 9.17) is 19.7 Å². The summed E-state index contributed by atoms with van der Waals surface area (Å²) < 4.78 is 11.1. The highest BCUT2D eigenvalue weighted by Gasteiger charge is 2.20. The Morgan fingerprint density at radius 3 is 1.33 bits per heavy atom. The Morgan fingerprint density at radius 2 is 1.11 bits per heavy atom. The summed E-state index contributed by atoms with van der Waals surface area (Å²) in [7, 11) is 3.27. The van der Waals surface area contributed by atoms with Crippen molar-refractivity contribution >= 4 is 21.6 Å². The lowest BCUT2D eigenvalue weighted by Crippen LogP contribution is -2.20. The van der Waals surface area contributed by atoms with Crippen LogP contribution in [0, 0.1) is 11.8 Å². The van der Waals surface area contributed by atoms with Gasteiger partial charge in [-0.3, -0.25) is 0 Å². The first-order valence-corrected chi connectivity index (χ1v) is 8.57. The normalized spacial score (nSPS) is 15.3. The molecule has 2 unspecified atom stereocenters. The second-order valence-corrected chi connectivity index (χ2v) is 7.07. The van der Waals surface area contributed by atoms with Gasteiger partial charge in [0.1, 0.15) is 10.9 Å². The van der Waals surface area contributed by atoms with E-state index in [-0.39, 0.29) is 24.1 Å². The molecule has 0 aromatic carbocycles. The van der Waals surface area contributed by atoms with Crippen LogP contribution in [-0.2, 0) is 9.47 Å². The molecule has 2 N–H and O–H groups in total. The van der Waals surface area contributed by atoms with Crippen LogP contribution in [-0.4, -0.2) is 47.5 Å². The summed E-state index contributed by atoms with van der Waals surface area (Å²) in [5.41, 5.74) is 0.0854. The summed E-state index contributed by atoms with van der Waals surface area (Å²) in [4.78, 5) is 0. The first-order valence-electron chi connectivity index (χ1n) is 6.30. The van der Waals surface area contributed by atoms with Crippen molar-refractivity contribution in [2.24, 2.45) is 11.8 Å². The summed E-state index contributed by atoms with van der Waals surface area (Å²) in [6.45, 7) is 9.18. The predicted molar refractivity (Wildman–Crippen MR) is 78.5 cm³/mol. The molecule has 0 aliphatic rings. The molecule has 110 valence electrons. The maximum Gasteiger partial charge on any atom is 0.115 e. The molecule has 0 bridgehead atoms. The standard InChI is InChI=1S/C12H26O4S2/c1-9(2)11(15-7-5-13)17-18-12(10(3)4)16-8-6-14/h9-14H,5-8H2,1-4H3. The third-order valence-corrected chi connectivity index (χ3v) is 5.40. The van der Waals surface area contributed by atoms with Crippen LogP contribution in [0.4, 0.5) is 0 Å². The van der Waals surface area contributed by atoms with Crippen molar-refractivity contribution in [1.82, 2.24) is 0 Å². The lowest BCUT2D eigenvalue weighted by atomic mass is 10.2. The van der Waals surface area contributed by atoms with Crippen molar-refractivity contribution in [3.63, 3.8) is 0 Å². The van der Waals surface area contributed by atoms with Crippen LogP contribution in [0.2, 0.25) is 0 Å². The highest BCUT2D eigenvalue weighted by Crippen LogP contribution is 2.38. The molecule has 2 atom stereocenters. The second-order valence-electron chi connectivity index (χ2n) is 4.61. The smallest absolute Gasteiger partial charge is 0.115 e. The van der Waals surface area contributed by atoms with E-state index in [0.29, 0.717) is 25.0 Å². The van der Waals surface area contributed by atoms with Gasteiger partial charge in [-0.25, -0.2) is 0 Å². The molecular weight excluding hydrogens is 272 g/mol. The van der Waals surface area contributed by atoms with Crippen molar-refractivity contribution < 1.29 is 19.7 Å². The first-order chi connectivity index (χ1) is 8.52. The average molecular weight is 298 g/mol. The van der Waals surface area contributed by atoms with Gasteiger partial charge in [0.15, 0.2) is 0 Å². The fraction of sp³-hybridized carbons (Fsp3) is 1.00. The topological polar surface area (TPSA) is 58.9 Å². The van der Waals surface area contributed by atoms with Gasteiger partial charge in [0, 0.05) is 0 Å². The van der Waals surface area contributed by atoms with Gasteiger partial charge in [-0.1, -0.05) is 49.3 Å². The van der Waals surface area contributed by atoms with Gasteiger partial charge < -0.3 is 19.7 Å². The van der Waals surface area contributed by atoms with Crippen LogP contribution < -0.4 is 0 Å². The zero-order valence-electron chi connectivity index (χ0n) is 11.7. The number of hydrogen-bond donors (Lipinski definition) is 2. The first kappa shape index (κ1) is 18.5. The van der Waals surface area contributed by atoms with Crippen molar-refractivity contribution in [3.8, 4) is 0 Å². The molecule has 0 saturated carbocycles. The molecular formula is C12H26O4S2. The van der Waals surface area contributed by atoms with E-state index >= 15 is 0 Å². The lowest BCUT2D eigenvalue weighted by Gasteiger charge is -2.25. The van der Waals surface area contributed by atoms with E-state index in [1.165, 1.54) is 0 Å². The zero-order chi connectivity index (χ0) is 14.0. The molecule has 0 radical (unpaired) electrons. The number of hydrogen-bond acceptors (Lipinski definition) is 6. The fourth-order valence-corrected chi connectivity index (χ4v) is 4.40. The van der Waals surface area contributed by atoms with Crippen LogP contribution in [0.25, 0.3) is 0 Å². The Labute approximate surface area is 118 Å². The fourth-order valence-electron chi connectivity index (χ4n) is 1.11. The third-order valence-electron chi connectivity index (χ3n) is 2.08. The molecule has 18 heavy (non-hydrogen) atoms. The SMILES string of the molecule is CC(C)C(OCCO)SSC(OCCO)C(C)C. The Morgan fingerprint density at radius 1 is 0.778 bits per heavy atom. The minimum atomic E-state index is 0.0427. The molecule has 0 amide bonds. The van der Waals surface area contributed by atoms with Gasteiger partial charge in [0.25, 0.3) is 0 Å². The van der Waals surface area contributed by atoms with Gasteiger partial charge in [0.05, 0.1) is 26.4 Å². The number of rotatable bonds is 11. The molecule has 0 saturated heterocycles. The van der Waals surface area contributed by atoms with Crippen molar-refractivity contribution in [2.75, 3.05) is 26.4 Å². The van der Waals surface area contributed by atoms with Crippen molar-refractivity contribution in [1.29, 1.82) is 0 Å². The lowest BCUT2D eigenvalue weighted by molar-refractivity contribution is 0.0529.